The van der Waals surface area contributed by atoms with E-state index in [0.29, 0.717) is 13.1 Å². The first kappa shape index (κ1) is 20.8. The molecule has 1 fully saturated rings. The third kappa shape index (κ3) is 4.74. The Kier molecular flexibility index (Phi) is 6.42. The van der Waals surface area contributed by atoms with Crippen molar-refractivity contribution in [3.05, 3.63) is 64.1 Å². The Morgan fingerprint density at radius 3 is 2.14 bits per heavy atom. The number of urea groups is 1. The van der Waals surface area contributed by atoms with Gasteiger partial charge in [-0.1, -0.05) is 45.8 Å². The molecule has 0 aromatic heterocycles. The van der Waals surface area contributed by atoms with Crippen molar-refractivity contribution in [1.29, 1.82) is 0 Å². The number of amides is 2. The van der Waals surface area contributed by atoms with Gasteiger partial charge in [0.25, 0.3) is 10.0 Å². The summed E-state index contributed by atoms with van der Waals surface area (Å²) in [6, 6.07) is 13.4. The predicted molar refractivity (Wildman–Crippen MR) is 113 cm³/mol. The van der Waals surface area contributed by atoms with Gasteiger partial charge in [-0.25, -0.2) is 17.5 Å². The summed E-state index contributed by atoms with van der Waals surface area (Å²) in [6.07, 6.45) is 0. The number of carbonyl (C=O) groups excluding carboxylic acids is 1. The maximum Gasteiger partial charge on any atom is 0.334 e. The van der Waals surface area contributed by atoms with Crippen molar-refractivity contribution in [2.75, 3.05) is 33.2 Å². The van der Waals surface area contributed by atoms with E-state index in [4.69, 9.17) is 0 Å². The average Bonchev–Trinajstić information content (AvgIpc) is 2.68. The van der Waals surface area contributed by atoms with Gasteiger partial charge < -0.3 is 9.80 Å². The molecule has 28 heavy (non-hydrogen) atoms. The van der Waals surface area contributed by atoms with Crippen LogP contribution in [0.2, 0.25) is 0 Å². The first-order valence-electron chi connectivity index (χ1n) is 9.08. The van der Waals surface area contributed by atoms with E-state index in [1.807, 2.05) is 38.2 Å². The minimum Gasteiger partial charge on any atom is -0.321 e. The van der Waals surface area contributed by atoms with Crippen LogP contribution < -0.4 is 0 Å². The number of rotatable bonds is 4. The molecule has 6 nitrogen and oxygen atoms in total. The van der Waals surface area contributed by atoms with Gasteiger partial charge in [-0.2, -0.15) is 0 Å². The standard InChI is InChI=1S/C20H24BrN3O3S/c1-16-3-9-19(10-4-16)28(26,27)24(15-17-5-7-18(21)8-6-17)20(25)23-13-11-22(2)12-14-23/h3-10H,11-15H2,1-2H3. The number of halogens is 1. The lowest BCUT2D eigenvalue weighted by molar-refractivity contribution is 0.139. The highest BCUT2D eigenvalue weighted by atomic mass is 79.9. The van der Waals surface area contributed by atoms with E-state index in [0.717, 1.165) is 33.0 Å². The van der Waals surface area contributed by atoms with E-state index < -0.39 is 16.1 Å². The third-order valence-corrected chi connectivity index (χ3v) is 7.10. The van der Waals surface area contributed by atoms with Gasteiger partial charge in [-0.3, -0.25) is 0 Å². The molecule has 1 saturated heterocycles. The Hall–Kier alpha value is -1.90. The summed E-state index contributed by atoms with van der Waals surface area (Å²) >= 11 is 3.38. The summed E-state index contributed by atoms with van der Waals surface area (Å²) in [7, 11) is -1.98. The van der Waals surface area contributed by atoms with Crippen LogP contribution >= 0.6 is 15.9 Å². The van der Waals surface area contributed by atoms with Crippen LogP contribution in [0.3, 0.4) is 0 Å². The van der Waals surface area contributed by atoms with E-state index >= 15 is 0 Å². The van der Waals surface area contributed by atoms with Crippen molar-refractivity contribution >= 4 is 32.0 Å². The molecular weight excluding hydrogens is 442 g/mol. The molecule has 8 heteroatoms. The number of hydrogen-bond donors (Lipinski definition) is 0. The van der Waals surface area contributed by atoms with Crippen LogP contribution in [0, 0.1) is 6.92 Å². The van der Waals surface area contributed by atoms with Gasteiger partial charge in [0.15, 0.2) is 0 Å². The molecule has 1 aliphatic heterocycles. The monoisotopic (exact) mass is 465 g/mol. The minimum atomic E-state index is -3.97. The Bertz CT molecular complexity index is 922. The molecule has 0 unspecified atom stereocenters. The highest BCUT2D eigenvalue weighted by Gasteiger charge is 2.33. The number of aryl methyl sites for hydroxylation is 1. The molecule has 2 aromatic rings. The maximum absolute atomic E-state index is 13.3. The van der Waals surface area contributed by atoms with Crippen LogP contribution in [-0.2, 0) is 16.6 Å². The maximum atomic E-state index is 13.3. The van der Waals surface area contributed by atoms with Gasteiger partial charge in [0, 0.05) is 30.7 Å². The quantitative estimate of drug-likeness (QED) is 0.694. The number of piperazine rings is 1. The van der Waals surface area contributed by atoms with Crippen molar-refractivity contribution in [3.8, 4) is 0 Å². The second-order valence-electron chi connectivity index (χ2n) is 7.02. The summed E-state index contributed by atoms with van der Waals surface area (Å²) < 4.78 is 28.5. The molecule has 0 bridgehead atoms. The molecule has 150 valence electrons. The lowest BCUT2D eigenvalue weighted by Gasteiger charge is -2.35. The predicted octanol–water partition coefficient (Wildman–Crippen LogP) is 3.32. The smallest absolute Gasteiger partial charge is 0.321 e. The van der Waals surface area contributed by atoms with Crippen molar-refractivity contribution in [1.82, 2.24) is 14.1 Å². The van der Waals surface area contributed by atoms with Gasteiger partial charge in [0.1, 0.15) is 0 Å². The number of sulfonamides is 1. The van der Waals surface area contributed by atoms with E-state index in [1.165, 1.54) is 0 Å². The van der Waals surface area contributed by atoms with Crippen LogP contribution in [0.15, 0.2) is 57.9 Å². The van der Waals surface area contributed by atoms with E-state index in [9.17, 15) is 13.2 Å². The molecule has 0 N–H and O–H groups in total. The van der Waals surface area contributed by atoms with Gasteiger partial charge in [-0.15, -0.1) is 0 Å². The zero-order valence-electron chi connectivity index (χ0n) is 16.0. The third-order valence-electron chi connectivity index (χ3n) is 4.84. The zero-order chi connectivity index (χ0) is 20.3. The van der Waals surface area contributed by atoms with Gasteiger partial charge in [0.05, 0.1) is 11.4 Å². The molecule has 2 aromatic carbocycles. The number of nitrogens with zero attached hydrogens (tertiary/aromatic N) is 3. The van der Waals surface area contributed by atoms with Gasteiger partial charge >= 0.3 is 6.03 Å². The Labute approximate surface area is 174 Å². The second kappa shape index (κ2) is 8.63. The second-order valence-corrected chi connectivity index (χ2v) is 9.80. The van der Waals surface area contributed by atoms with Crippen molar-refractivity contribution in [2.24, 2.45) is 0 Å². The molecule has 0 spiro atoms. The molecule has 0 aliphatic carbocycles. The van der Waals surface area contributed by atoms with Crippen LogP contribution in [0.5, 0.6) is 0 Å². The molecule has 0 saturated carbocycles. The molecular formula is C20H24BrN3O3S. The van der Waals surface area contributed by atoms with Crippen molar-refractivity contribution in [3.63, 3.8) is 0 Å². The summed E-state index contributed by atoms with van der Waals surface area (Å²) in [6.45, 7) is 4.36. The number of likely N-dealkylation sites (N-methyl/N-ethyl adjacent to an activating group) is 1. The van der Waals surface area contributed by atoms with Crippen molar-refractivity contribution < 1.29 is 13.2 Å². The fourth-order valence-electron chi connectivity index (χ4n) is 3.00. The van der Waals surface area contributed by atoms with Gasteiger partial charge in [-0.05, 0) is 43.8 Å². The molecule has 3 rings (SSSR count). The average molecular weight is 466 g/mol. The minimum absolute atomic E-state index is 0.00530. The van der Waals surface area contributed by atoms with E-state index in [1.54, 1.807) is 29.2 Å². The first-order chi connectivity index (χ1) is 13.3. The fraction of sp³-hybridized carbons (Fsp3) is 0.350. The molecule has 0 radical (unpaired) electrons. The highest BCUT2D eigenvalue weighted by Crippen LogP contribution is 2.22. The Morgan fingerprint density at radius 2 is 1.57 bits per heavy atom. The summed E-state index contributed by atoms with van der Waals surface area (Å²) in [5.74, 6) is 0. The summed E-state index contributed by atoms with van der Waals surface area (Å²) in [5, 5.41) is 0. The molecule has 1 aliphatic rings. The van der Waals surface area contributed by atoms with Crippen LogP contribution in [0.25, 0.3) is 0 Å². The fourth-order valence-corrected chi connectivity index (χ4v) is 4.64. The van der Waals surface area contributed by atoms with E-state index in [-0.39, 0.29) is 11.4 Å². The largest absolute Gasteiger partial charge is 0.334 e. The number of carbonyl (C=O) groups is 1. The Balaban J connectivity index is 1.94. The Morgan fingerprint density at radius 1 is 1.00 bits per heavy atom. The normalized spacial score (nSPS) is 15.5. The zero-order valence-corrected chi connectivity index (χ0v) is 18.4. The van der Waals surface area contributed by atoms with Gasteiger partial charge in [0.2, 0.25) is 0 Å². The topological polar surface area (TPSA) is 60.9 Å². The van der Waals surface area contributed by atoms with Crippen LogP contribution in [-0.4, -0.2) is 61.8 Å². The molecule has 1 heterocycles. The molecule has 0 atom stereocenters. The lowest BCUT2D eigenvalue weighted by atomic mass is 10.2. The van der Waals surface area contributed by atoms with Crippen molar-refractivity contribution in [2.45, 2.75) is 18.4 Å². The first-order valence-corrected chi connectivity index (χ1v) is 11.3. The number of benzene rings is 2. The number of hydrogen-bond acceptors (Lipinski definition) is 4. The molecule has 2 amide bonds. The lowest BCUT2D eigenvalue weighted by Crippen LogP contribution is -2.52. The SMILES string of the molecule is Cc1ccc(S(=O)(=O)N(Cc2ccc(Br)cc2)C(=O)N2CCN(C)CC2)cc1. The van der Waals surface area contributed by atoms with E-state index in [2.05, 4.69) is 20.8 Å². The highest BCUT2D eigenvalue weighted by molar-refractivity contribution is 9.10. The van der Waals surface area contributed by atoms with Crippen LogP contribution in [0.1, 0.15) is 11.1 Å². The van der Waals surface area contributed by atoms with Crippen LogP contribution in [0.4, 0.5) is 4.79 Å². The summed E-state index contributed by atoms with van der Waals surface area (Å²) in [5.41, 5.74) is 1.71. The summed E-state index contributed by atoms with van der Waals surface area (Å²) in [4.78, 5) is 17.1.